The van der Waals surface area contributed by atoms with Crippen molar-refractivity contribution in [3.05, 3.63) is 33.9 Å². The van der Waals surface area contributed by atoms with E-state index in [1.54, 1.807) is 0 Å². The van der Waals surface area contributed by atoms with Crippen LogP contribution in [0.1, 0.15) is 36.0 Å². The predicted molar refractivity (Wildman–Crippen MR) is 66.3 cm³/mol. The number of nitrogens with zero attached hydrogens (tertiary/aromatic N) is 1. The lowest BCUT2D eigenvalue weighted by molar-refractivity contribution is -0.386. The lowest BCUT2D eigenvalue weighted by Crippen LogP contribution is -2.22. The Labute approximate surface area is 115 Å². The van der Waals surface area contributed by atoms with Crippen LogP contribution in [-0.2, 0) is 4.74 Å². The number of rotatable bonds is 6. The molecular formula is C13H14NO6-. The zero-order valence-corrected chi connectivity index (χ0v) is 10.7. The van der Waals surface area contributed by atoms with Crippen molar-refractivity contribution < 1.29 is 24.3 Å². The lowest BCUT2D eigenvalue weighted by atomic mass is 10.2. The number of carbonyl (C=O) groups excluding carboxylic acids is 1. The molecule has 1 fully saturated rings. The van der Waals surface area contributed by atoms with E-state index in [1.165, 1.54) is 0 Å². The fourth-order valence-electron chi connectivity index (χ4n) is 2.16. The average molecular weight is 280 g/mol. The monoisotopic (exact) mass is 280 g/mol. The molecule has 1 saturated carbocycles. The van der Waals surface area contributed by atoms with Crippen LogP contribution in [0.25, 0.3) is 0 Å². The molecule has 0 bridgehead atoms. The molecule has 0 atom stereocenters. The number of ether oxygens (including phenoxy) is 2. The van der Waals surface area contributed by atoms with Crippen LogP contribution in [0.15, 0.2) is 18.2 Å². The second kappa shape index (κ2) is 6.33. The SMILES string of the molecule is O=C([O-])c1ccc([N+](=O)[O-])c(OCOC2CCCC2)c1. The van der Waals surface area contributed by atoms with Gasteiger partial charge in [-0.1, -0.05) is 12.8 Å². The van der Waals surface area contributed by atoms with Crippen LogP contribution in [0.3, 0.4) is 0 Å². The maximum atomic E-state index is 10.8. The predicted octanol–water partition coefficient (Wildman–Crippen LogP) is 1.25. The quantitative estimate of drug-likeness (QED) is 0.441. The molecule has 0 aliphatic heterocycles. The van der Waals surface area contributed by atoms with Crippen LogP contribution in [0.4, 0.5) is 5.69 Å². The average Bonchev–Trinajstić information content (AvgIpc) is 2.91. The van der Waals surface area contributed by atoms with Gasteiger partial charge in [0.15, 0.2) is 6.79 Å². The second-order valence-electron chi connectivity index (χ2n) is 4.56. The standard InChI is InChI=1S/C13H15NO6/c15-13(16)9-5-6-11(14(17)18)12(7-9)20-8-19-10-3-1-2-4-10/h5-7,10H,1-4,8H2,(H,15,16)/p-1. The molecule has 20 heavy (non-hydrogen) atoms. The number of carbonyl (C=O) groups is 1. The summed E-state index contributed by atoms with van der Waals surface area (Å²) in [6, 6.07) is 3.26. The highest BCUT2D eigenvalue weighted by Gasteiger charge is 2.18. The van der Waals surface area contributed by atoms with Crippen LogP contribution in [0, 0.1) is 10.1 Å². The number of hydrogen-bond donors (Lipinski definition) is 0. The first-order valence-electron chi connectivity index (χ1n) is 6.32. The summed E-state index contributed by atoms with van der Waals surface area (Å²) in [5, 5.41) is 21.6. The number of benzene rings is 1. The topological polar surface area (TPSA) is 102 Å². The highest BCUT2D eigenvalue weighted by atomic mass is 16.7. The van der Waals surface area contributed by atoms with E-state index >= 15 is 0 Å². The number of hydrogen-bond acceptors (Lipinski definition) is 6. The fraction of sp³-hybridized carbons (Fsp3) is 0.462. The Morgan fingerprint density at radius 3 is 2.65 bits per heavy atom. The van der Waals surface area contributed by atoms with Crippen molar-refractivity contribution in [1.29, 1.82) is 0 Å². The fourth-order valence-corrected chi connectivity index (χ4v) is 2.16. The van der Waals surface area contributed by atoms with Crippen LogP contribution in [0.2, 0.25) is 0 Å². The highest BCUT2D eigenvalue weighted by Crippen LogP contribution is 2.28. The first-order valence-corrected chi connectivity index (χ1v) is 6.32. The van der Waals surface area contributed by atoms with Crippen LogP contribution in [-0.4, -0.2) is 23.8 Å². The van der Waals surface area contributed by atoms with Gasteiger partial charge in [-0.3, -0.25) is 10.1 Å². The van der Waals surface area contributed by atoms with E-state index in [9.17, 15) is 20.0 Å². The molecule has 1 aromatic rings. The summed E-state index contributed by atoms with van der Waals surface area (Å²) < 4.78 is 10.6. The first-order chi connectivity index (χ1) is 9.58. The van der Waals surface area contributed by atoms with E-state index in [0.717, 1.165) is 43.9 Å². The Morgan fingerprint density at radius 2 is 2.05 bits per heavy atom. The first kappa shape index (κ1) is 14.3. The van der Waals surface area contributed by atoms with Gasteiger partial charge in [-0.05, 0) is 25.0 Å². The summed E-state index contributed by atoms with van der Waals surface area (Å²) in [6.07, 6.45) is 4.21. The molecule has 1 aromatic carbocycles. The van der Waals surface area contributed by atoms with E-state index in [4.69, 9.17) is 9.47 Å². The number of carboxylic acids is 1. The highest BCUT2D eigenvalue weighted by molar-refractivity contribution is 5.87. The molecule has 2 rings (SSSR count). The van der Waals surface area contributed by atoms with Gasteiger partial charge in [-0.25, -0.2) is 0 Å². The third kappa shape index (κ3) is 3.45. The smallest absolute Gasteiger partial charge is 0.311 e. The molecule has 0 N–H and O–H groups in total. The van der Waals surface area contributed by atoms with Crippen molar-refractivity contribution in [3.8, 4) is 5.75 Å². The Hall–Kier alpha value is -2.15. The summed E-state index contributed by atoms with van der Waals surface area (Å²) in [7, 11) is 0. The van der Waals surface area contributed by atoms with E-state index in [0.29, 0.717) is 0 Å². The van der Waals surface area contributed by atoms with Crippen LogP contribution in [0.5, 0.6) is 5.75 Å². The molecule has 1 aliphatic carbocycles. The summed E-state index contributed by atoms with van der Waals surface area (Å²) in [4.78, 5) is 21.0. The van der Waals surface area contributed by atoms with Gasteiger partial charge in [-0.2, -0.15) is 0 Å². The second-order valence-corrected chi connectivity index (χ2v) is 4.56. The van der Waals surface area contributed by atoms with Gasteiger partial charge < -0.3 is 19.4 Å². The van der Waals surface area contributed by atoms with Gasteiger partial charge in [0.25, 0.3) is 0 Å². The zero-order valence-electron chi connectivity index (χ0n) is 10.7. The zero-order chi connectivity index (χ0) is 14.5. The van der Waals surface area contributed by atoms with E-state index in [-0.39, 0.29) is 29.9 Å². The van der Waals surface area contributed by atoms with Crippen molar-refractivity contribution in [2.24, 2.45) is 0 Å². The molecule has 0 saturated heterocycles. The molecule has 108 valence electrons. The van der Waals surface area contributed by atoms with E-state index in [2.05, 4.69) is 0 Å². The Bertz CT molecular complexity index is 510. The Balaban J connectivity index is 2.04. The minimum atomic E-state index is -1.42. The molecule has 0 heterocycles. The van der Waals surface area contributed by atoms with Gasteiger partial charge in [0.05, 0.1) is 17.0 Å². The minimum Gasteiger partial charge on any atom is -0.545 e. The maximum absolute atomic E-state index is 10.8. The molecule has 0 amide bonds. The van der Waals surface area contributed by atoms with Crippen molar-refractivity contribution in [2.75, 3.05) is 6.79 Å². The van der Waals surface area contributed by atoms with Crippen LogP contribution >= 0.6 is 0 Å². The molecule has 7 nitrogen and oxygen atoms in total. The molecular weight excluding hydrogens is 266 g/mol. The summed E-state index contributed by atoms with van der Waals surface area (Å²) in [5.41, 5.74) is -0.475. The molecule has 0 aromatic heterocycles. The molecule has 7 heteroatoms. The molecule has 1 aliphatic rings. The van der Waals surface area contributed by atoms with Crippen molar-refractivity contribution >= 4 is 11.7 Å². The van der Waals surface area contributed by atoms with Gasteiger partial charge >= 0.3 is 5.69 Å². The van der Waals surface area contributed by atoms with Gasteiger partial charge in [0.2, 0.25) is 5.75 Å². The van der Waals surface area contributed by atoms with E-state index in [1.807, 2.05) is 0 Å². The van der Waals surface area contributed by atoms with Gasteiger partial charge in [0, 0.05) is 11.6 Å². The summed E-state index contributed by atoms with van der Waals surface area (Å²) >= 11 is 0. The summed E-state index contributed by atoms with van der Waals surface area (Å²) in [6.45, 7) is -0.137. The Kier molecular flexibility index (Phi) is 4.52. The van der Waals surface area contributed by atoms with Crippen molar-refractivity contribution in [1.82, 2.24) is 0 Å². The third-order valence-corrected chi connectivity index (χ3v) is 3.21. The van der Waals surface area contributed by atoms with Crippen LogP contribution < -0.4 is 9.84 Å². The van der Waals surface area contributed by atoms with E-state index < -0.39 is 10.9 Å². The molecule has 0 radical (unpaired) electrons. The number of nitro groups is 1. The normalized spacial score (nSPS) is 15.2. The minimum absolute atomic E-state index is 0.110. The van der Waals surface area contributed by atoms with Crippen molar-refractivity contribution in [3.63, 3.8) is 0 Å². The van der Waals surface area contributed by atoms with Crippen molar-refractivity contribution in [2.45, 2.75) is 31.8 Å². The Morgan fingerprint density at radius 1 is 1.35 bits per heavy atom. The van der Waals surface area contributed by atoms with Gasteiger partial charge in [0.1, 0.15) is 0 Å². The number of aromatic carboxylic acids is 1. The number of carboxylic acid groups (broad SMARTS) is 1. The summed E-state index contributed by atoms with van der Waals surface area (Å²) in [5.74, 6) is -1.55. The maximum Gasteiger partial charge on any atom is 0.311 e. The molecule has 0 spiro atoms. The largest absolute Gasteiger partial charge is 0.545 e. The number of nitro benzene ring substituents is 1. The lowest BCUT2D eigenvalue weighted by Gasteiger charge is -2.13. The third-order valence-electron chi connectivity index (χ3n) is 3.21. The molecule has 0 unspecified atom stereocenters. The van der Waals surface area contributed by atoms with Gasteiger partial charge in [-0.15, -0.1) is 0 Å².